The molecule has 2 rings (SSSR count). The Morgan fingerprint density at radius 2 is 2.17 bits per heavy atom. The van der Waals surface area contributed by atoms with Crippen LogP contribution in [-0.2, 0) is 13.1 Å². The number of nitrogens with zero attached hydrogens (tertiary/aromatic N) is 2. The molecule has 0 aliphatic carbocycles. The summed E-state index contributed by atoms with van der Waals surface area (Å²) in [6, 6.07) is 5.98. The zero-order valence-electron chi connectivity index (χ0n) is 10.5. The lowest BCUT2D eigenvalue weighted by Crippen LogP contribution is -2.17. The molecule has 0 aliphatic rings. The van der Waals surface area contributed by atoms with Gasteiger partial charge in [0, 0.05) is 28.1 Å². The molecule has 1 aromatic heterocycles. The van der Waals surface area contributed by atoms with E-state index in [1.165, 1.54) is 10.4 Å². The lowest BCUT2D eigenvalue weighted by atomic mass is 10.2. The molecule has 0 saturated heterocycles. The number of thiazole rings is 1. The van der Waals surface area contributed by atoms with Crippen LogP contribution >= 0.6 is 27.3 Å². The van der Waals surface area contributed by atoms with E-state index in [9.17, 15) is 0 Å². The number of anilines is 1. The summed E-state index contributed by atoms with van der Waals surface area (Å²) < 4.78 is 0.998. The van der Waals surface area contributed by atoms with E-state index in [4.69, 9.17) is 5.73 Å². The van der Waals surface area contributed by atoms with Crippen molar-refractivity contribution in [2.75, 3.05) is 12.8 Å². The van der Waals surface area contributed by atoms with Crippen LogP contribution in [0.25, 0.3) is 0 Å². The van der Waals surface area contributed by atoms with Crippen molar-refractivity contribution >= 4 is 33.0 Å². The van der Waals surface area contributed by atoms with Crippen LogP contribution < -0.4 is 5.73 Å². The second kappa shape index (κ2) is 5.82. The van der Waals surface area contributed by atoms with E-state index >= 15 is 0 Å². The number of halogens is 1. The summed E-state index contributed by atoms with van der Waals surface area (Å²) in [4.78, 5) is 7.85. The molecule has 18 heavy (non-hydrogen) atoms. The number of aryl methyl sites for hydroxylation is 1. The van der Waals surface area contributed by atoms with E-state index < -0.39 is 0 Å². The first-order valence-electron chi connectivity index (χ1n) is 5.68. The normalized spacial score (nSPS) is 11.1. The van der Waals surface area contributed by atoms with Gasteiger partial charge in [0.25, 0.3) is 0 Å². The topological polar surface area (TPSA) is 42.2 Å². The van der Waals surface area contributed by atoms with Gasteiger partial charge >= 0.3 is 0 Å². The van der Waals surface area contributed by atoms with Gasteiger partial charge in [-0.15, -0.1) is 11.3 Å². The third-order valence-corrected chi connectivity index (χ3v) is 4.69. The predicted molar refractivity (Wildman–Crippen MR) is 80.6 cm³/mol. The predicted octanol–water partition coefficient (Wildman–Crippen LogP) is 3.43. The molecule has 1 heterocycles. The first-order valence-corrected chi connectivity index (χ1v) is 7.35. The summed E-state index contributed by atoms with van der Waals surface area (Å²) in [6.07, 6.45) is 0. The Labute approximate surface area is 120 Å². The van der Waals surface area contributed by atoms with Crippen LogP contribution in [0.2, 0.25) is 0 Å². The van der Waals surface area contributed by atoms with Gasteiger partial charge in [-0.05, 0) is 41.5 Å². The number of benzene rings is 1. The van der Waals surface area contributed by atoms with Gasteiger partial charge in [-0.2, -0.15) is 0 Å². The Balaban J connectivity index is 2.05. The summed E-state index contributed by atoms with van der Waals surface area (Å²) in [7, 11) is 2.11. The van der Waals surface area contributed by atoms with Crippen molar-refractivity contribution in [1.29, 1.82) is 0 Å². The number of aromatic nitrogens is 1. The highest BCUT2D eigenvalue weighted by Gasteiger charge is 2.09. The van der Waals surface area contributed by atoms with Gasteiger partial charge in [-0.1, -0.05) is 12.1 Å². The molecular weight excluding hydrogens is 310 g/mol. The Kier molecular flexibility index (Phi) is 4.37. The molecule has 2 aromatic rings. The highest BCUT2D eigenvalue weighted by Crippen LogP contribution is 2.25. The fraction of sp³-hybridized carbons (Fsp3) is 0.308. The molecule has 0 atom stereocenters. The second-order valence-corrected chi connectivity index (χ2v) is 6.09. The highest BCUT2D eigenvalue weighted by atomic mass is 79.9. The maximum Gasteiger partial charge on any atom is 0.0798 e. The van der Waals surface area contributed by atoms with Crippen LogP contribution in [0, 0.1) is 6.92 Å². The van der Waals surface area contributed by atoms with E-state index in [0.717, 1.165) is 28.9 Å². The van der Waals surface area contributed by atoms with Crippen molar-refractivity contribution in [2.24, 2.45) is 0 Å². The monoisotopic (exact) mass is 325 g/mol. The van der Waals surface area contributed by atoms with Crippen LogP contribution in [0.3, 0.4) is 0 Å². The molecule has 0 radical (unpaired) electrons. The Morgan fingerprint density at radius 1 is 1.39 bits per heavy atom. The maximum atomic E-state index is 5.88. The van der Waals surface area contributed by atoms with Crippen molar-refractivity contribution in [2.45, 2.75) is 20.0 Å². The minimum Gasteiger partial charge on any atom is -0.398 e. The molecule has 0 saturated carbocycles. The lowest BCUT2D eigenvalue weighted by Gasteiger charge is -2.17. The highest BCUT2D eigenvalue weighted by molar-refractivity contribution is 9.10. The largest absolute Gasteiger partial charge is 0.398 e. The summed E-state index contributed by atoms with van der Waals surface area (Å²) >= 11 is 5.25. The Bertz CT molecular complexity index is 539. The van der Waals surface area contributed by atoms with Gasteiger partial charge in [0.2, 0.25) is 0 Å². The summed E-state index contributed by atoms with van der Waals surface area (Å²) in [5, 5.41) is 0. The molecule has 5 heteroatoms. The number of hydrogen-bond donors (Lipinski definition) is 1. The Morgan fingerprint density at radius 3 is 2.83 bits per heavy atom. The number of rotatable bonds is 4. The molecule has 0 aliphatic heterocycles. The average Bonchev–Trinajstić information content (AvgIpc) is 2.71. The van der Waals surface area contributed by atoms with E-state index in [2.05, 4.69) is 45.9 Å². The molecule has 0 bridgehead atoms. The maximum absolute atomic E-state index is 5.88. The van der Waals surface area contributed by atoms with Crippen molar-refractivity contribution < 1.29 is 0 Å². The fourth-order valence-electron chi connectivity index (χ4n) is 1.79. The summed E-state index contributed by atoms with van der Waals surface area (Å²) in [5.74, 6) is 0. The second-order valence-electron chi connectivity index (χ2n) is 4.35. The van der Waals surface area contributed by atoms with Gasteiger partial charge in [-0.25, -0.2) is 4.98 Å². The first kappa shape index (κ1) is 13.5. The standard InChI is InChI=1S/C13H16BrN3S/c1-9-12(18-8-16-9)7-17(2)6-10-4-3-5-11(15)13(10)14/h3-5,8H,6-7,15H2,1-2H3. The zero-order valence-corrected chi connectivity index (χ0v) is 12.9. The molecule has 0 spiro atoms. The van der Waals surface area contributed by atoms with Gasteiger partial charge in [0.15, 0.2) is 0 Å². The van der Waals surface area contributed by atoms with Gasteiger partial charge in [-0.3, -0.25) is 4.90 Å². The van der Waals surface area contributed by atoms with Gasteiger partial charge in [0.1, 0.15) is 0 Å². The molecule has 0 unspecified atom stereocenters. The molecule has 96 valence electrons. The fourth-order valence-corrected chi connectivity index (χ4v) is 3.04. The van der Waals surface area contributed by atoms with Crippen LogP contribution in [0.4, 0.5) is 5.69 Å². The van der Waals surface area contributed by atoms with Crippen molar-refractivity contribution in [3.63, 3.8) is 0 Å². The Hall–Kier alpha value is -0.910. The summed E-state index contributed by atoms with van der Waals surface area (Å²) in [6.45, 7) is 3.83. The molecule has 0 fully saturated rings. The van der Waals surface area contributed by atoms with Crippen LogP contribution in [0.15, 0.2) is 28.2 Å². The van der Waals surface area contributed by atoms with Crippen LogP contribution in [0.1, 0.15) is 16.1 Å². The quantitative estimate of drug-likeness (QED) is 0.876. The number of hydrogen-bond acceptors (Lipinski definition) is 4. The van der Waals surface area contributed by atoms with Crippen molar-refractivity contribution in [1.82, 2.24) is 9.88 Å². The van der Waals surface area contributed by atoms with Gasteiger partial charge < -0.3 is 5.73 Å². The van der Waals surface area contributed by atoms with E-state index in [1.54, 1.807) is 11.3 Å². The lowest BCUT2D eigenvalue weighted by molar-refractivity contribution is 0.320. The number of nitrogen functional groups attached to an aromatic ring is 1. The van der Waals surface area contributed by atoms with E-state index in [-0.39, 0.29) is 0 Å². The third kappa shape index (κ3) is 3.10. The van der Waals surface area contributed by atoms with Crippen molar-refractivity contribution in [3.8, 4) is 0 Å². The molecule has 0 amide bonds. The minimum absolute atomic E-state index is 0.787. The SMILES string of the molecule is Cc1ncsc1CN(C)Cc1cccc(N)c1Br. The van der Waals surface area contributed by atoms with Crippen molar-refractivity contribution in [3.05, 3.63) is 44.3 Å². The van der Waals surface area contributed by atoms with Gasteiger partial charge in [0.05, 0.1) is 11.2 Å². The van der Waals surface area contributed by atoms with E-state index in [0.29, 0.717) is 0 Å². The minimum atomic E-state index is 0.787. The van der Waals surface area contributed by atoms with E-state index in [1.807, 2.05) is 17.6 Å². The molecule has 3 nitrogen and oxygen atoms in total. The molecule has 1 aromatic carbocycles. The molecule has 2 N–H and O–H groups in total. The number of nitrogens with two attached hydrogens (primary N) is 1. The average molecular weight is 326 g/mol. The van der Waals surface area contributed by atoms with Crippen LogP contribution in [-0.4, -0.2) is 16.9 Å². The van der Waals surface area contributed by atoms with Crippen LogP contribution in [0.5, 0.6) is 0 Å². The smallest absolute Gasteiger partial charge is 0.0798 e. The zero-order chi connectivity index (χ0) is 13.1. The molecular formula is C13H16BrN3S. The first-order chi connectivity index (χ1) is 8.58. The summed E-state index contributed by atoms with van der Waals surface area (Å²) in [5.41, 5.74) is 10.9. The third-order valence-electron chi connectivity index (χ3n) is 2.81.